The van der Waals surface area contributed by atoms with Gasteiger partial charge >= 0.3 is 0 Å². The van der Waals surface area contributed by atoms with Crippen LogP contribution in [0.1, 0.15) is 132 Å². The van der Waals surface area contributed by atoms with Crippen LogP contribution in [0, 0.1) is 17.8 Å². The molecular weight excluding hydrogens is 376 g/mol. The second-order valence-electron chi connectivity index (χ2n) is 11.0. The third-order valence-electron chi connectivity index (χ3n) is 6.42. The average molecular weight is 433 g/mol. The molecule has 0 rings (SSSR count). The van der Waals surface area contributed by atoms with Crippen LogP contribution in [0.25, 0.3) is 0 Å². The lowest BCUT2D eigenvalue weighted by Crippen LogP contribution is -2.02. The Balaban J connectivity index is 3.95. The highest BCUT2D eigenvalue weighted by Crippen LogP contribution is 2.22. The standard InChI is InChI=1S/C30H56O/c1-24(2)13-9-15-26(5)17-11-18-27(6)19-12-20-29(8)23-30(31)22-21-28(7)16-10-14-25(3)4/h14,21,23-24,26-27,30-31H,9-13,15-20,22H2,1-8H3/b28-21+,29-23+/t26-,27-,30?/m1/s1. The number of allylic oxidation sites excluding steroid dienone is 4. The lowest BCUT2D eigenvalue weighted by molar-refractivity contribution is 0.225. The van der Waals surface area contributed by atoms with E-state index in [2.05, 4.69) is 73.6 Å². The maximum absolute atomic E-state index is 10.3. The quantitative estimate of drug-likeness (QED) is 0.214. The molecule has 0 bridgehead atoms. The van der Waals surface area contributed by atoms with Gasteiger partial charge in [-0.05, 0) is 77.6 Å². The molecule has 1 heteroatoms. The van der Waals surface area contributed by atoms with Gasteiger partial charge in [-0.1, -0.05) is 108 Å². The summed E-state index contributed by atoms with van der Waals surface area (Å²) in [6.45, 7) is 18.2. The number of aliphatic hydroxyl groups excluding tert-OH is 1. The summed E-state index contributed by atoms with van der Waals surface area (Å²) in [6, 6.07) is 0. The van der Waals surface area contributed by atoms with Crippen molar-refractivity contribution in [3.8, 4) is 0 Å². The van der Waals surface area contributed by atoms with Crippen LogP contribution in [0.5, 0.6) is 0 Å². The molecule has 0 fully saturated rings. The van der Waals surface area contributed by atoms with Gasteiger partial charge in [0.25, 0.3) is 0 Å². The number of rotatable bonds is 18. The first-order valence-corrected chi connectivity index (χ1v) is 13.2. The number of hydrogen-bond donors (Lipinski definition) is 1. The molecule has 0 aromatic rings. The van der Waals surface area contributed by atoms with Crippen LogP contribution in [0.4, 0.5) is 0 Å². The minimum absolute atomic E-state index is 0.340. The Hall–Kier alpha value is -0.820. The fraction of sp³-hybridized carbons (Fsp3) is 0.800. The van der Waals surface area contributed by atoms with Crippen LogP contribution >= 0.6 is 0 Å². The normalized spacial score (nSPS) is 15.8. The summed E-state index contributed by atoms with van der Waals surface area (Å²) in [6.07, 6.45) is 21.2. The Morgan fingerprint density at radius 3 is 1.77 bits per heavy atom. The van der Waals surface area contributed by atoms with Crippen LogP contribution in [0.15, 0.2) is 34.9 Å². The topological polar surface area (TPSA) is 20.2 Å². The van der Waals surface area contributed by atoms with Gasteiger partial charge in [-0.2, -0.15) is 0 Å². The van der Waals surface area contributed by atoms with Gasteiger partial charge in [0.15, 0.2) is 0 Å². The third kappa shape index (κ3) is 20.8. The van der Waals surface area contributed by atoms with E-state index in [-0.39, 0.29) is 6.10 Å². The first kappa shape index (κ1) is 30.2. The minimum Gasteiger partial charge on any atom is -0.389 e. The van der Waals surface area contributed by atoms with E-state index in [4.69, 9.17) is 0 Å². The lowest BCUT2D eigenvalue weighted by atomic mass is 9.91. The van der Waals surface area contributed by atoms with Crippen molar-refractivity contribution in [3.63, 3.8) is 0 Å². The predicted octanol–water partition coefficient (Wildman–Crippen LogP) is 9.82. The SMILES string of the molecule is CC(C)=CCC/C(C)=C/CC(O)/C=C(\C)CCC[C@H](C)CCC[C@H](C)CCCC(C)C. The molecule has 0 aliphatic carbocycles. The average Bonchev–Trinajstić information content (AvgIpc) is 2.65. The molecule has 1 N–H and O–H groups in total. The lowest BCUT2D eigenvalue weighted by Gasteiger charge is -2.15. The maximum atomic E-state index is 10.3. The van der Waals surface area contributed by atoms with Crippen LogP contribution < -0.4 is 0 Å². The Kier molecular flexibility index (Phi) is 18.2. The molecule has 31 heavy (non-hydrogen) atoms. The highest BCUT2D eigenvalue weighted by atomic mass is 16.3. The molecule has 0 radical (unpaired) electrons. The molecule has 0 saturated heterocycles. The van der Waals surface area contributed by atoms with Crippen molar-refractivity contribution in [2.75, 3.05) is 0 Å². The first-order chi connectivity index (χ1) is 14.6. The predicted molar refractivity (Wildman–Crippen MR) is 142 cm³/mol. The van der Waals surface area contributed by atoms with Crippen molar-refractivity contribution in [1.82, 2.24) is 0 Å². The highest BCUT2D eigenvalue weighted by molar-refractivity contribution is 5.07. The molecule has 0 amide bonds. The van der Waals surface area contributed by atoms with E-state index in [0.717, 1.165) is 43.4 Å². The molecule has 0 aromatic carbocycles. The highest BCUT2D eigenvalue weighted by Gasteiger charge is 2.07. The maximum Gasteiger partial charge on any atom is 0.0757 e. The summed E-state index contributed by atoms with van der Waals surface area (Å²) in [5, 5.41) is 10.3. The van der Waals surface area contributed by atoms with Crippen LogP contribution in [-0.4, -0.2) is 11.2 Å². The Morgan fingerprint density at radius 1 is 0.677 bits per heavy atom. The summed E-state index contributed by atoms with van der Waals surface area (Å²) < 4.78 is 0. The molecule has 0 heterocycles. The van der Waals surface area contributed by atoms with Crippen molar-refractivity contribution in [2.24, 2.45) is 17.8 Å². The van der Waals surface area contributed by atoms with Gasteiger partial charge in [-0.25, -0.2) is 0 Å². The van der Waals surface area contributed by atoms with E-state index < -0.39 is 0 Å². The van der Waals surface area contributed by atoms with Crippen LogP contribution in [0.2, 0.25) is 0 Å². The second-order valence-corrected chi connectivity index (χ2v) is 11.0. The number of aliphatic hydroxyl groups is 1. The number of hydrogen-bond acceptors (Lipinski definition) is 1. The van der Waals surface area contributed by atoms with E-state index in [1.165, 1.54) is 68.1 Å². The minimum atomic E-state index is -0.340. The first-order valence-electron chi connectivity index (χ1n) is 13.2. The summed E-state index contributed by atoms with van der Waals surface area (Å²) in [7, 11) is 0. The smallest absolute Gasteiger partial charge is 0.0757 e. The van der Waals surface area contributed by atoms with Gasteiger partial charge in [-0.15, -0.1) is 0 Å². The van der Waals surface area contributed by atoms with Crippen LogP contribution in [-0.2, 0) is 0 Å². The van der Waals surface area contributed by atoms with Crippen molar-refractivity contribution in [3.05, 3.63) is 34.9 Å². The molecule has 0 aliphatic heterocycles. The van der Waals surface area contributed by atoms with Crippen molar-refractivity contribution in [1.29, 1.82) is 0 Å². The summed E-state index contributed by atoms with van der Waals surface area (Å²) >= 11 is 0. The molecular formula is C30H56O. The zero-order valence-corrected chi connectivity index (χ0v) is 22.5. The Labute approximate surface area is 196 Å². The van der Waals surface area contributed by atoms with E-state index in [9.17, 15) is 5.11 Å². The van der Waals surface area contributed by atoms with Gasteiger partial charge in [0.1, 0.15) is 0 Å². The zero-order valence-electron chi connectivity index (χ0n) is 22.5. The molecule has 3 atom stereocenters. The fourth-order valence-electron chi connectivity index (χ4n) is 4.20. The van der Waals surface area contributed by atoms with Crippen molar-refractivity contribution < 1.29 is 5.11 Å². The molecule has 0 aromatic heterocycles. The summed E-state index contributed by atoms with van der Waals surface area (Å²) in [4.78, 5) is 0. The van der Waals surface area contributed by atoms with E-state index in [0.29, 0.717) is 0 Å². The Bertz CT molecular complexity index is 519. The summed E-state index contributed by atoms with van der Waals surface area (Å²) in [5.74, 6) is 2.57. The van der Waals surface area contributed by atoms with Gasteiger partial charge in [0.05, 0.1) is 6.10 Å². The second kappa shape index (κ2) is 18.7. The molecule has 0 spiro atoms. The van der Waals surface area contributed by atoms with Gasteiger partial charge in [0, 0.05) is 0 Å². The fourth-order valence-corrected chi connectivity index (χ4v) is 4.20. The monoisotopic (exact) mass is 432 g/mol. The summed E-state index contributed by atoms with van der Waals surface area (Å²) in [5.41, 5.74) is 4.10. The van der Waals surface area contributed by atoms with Gasteiger partial charge in [-0.3, -0.25) is 0 Å². The Morgan fingerprint density at radius 2 is 1.23 bits per heavy atom. The van der Waals surface area contributed by atoms with Gasteiger partial charge < -0.3 is 5.11 Å². The van der Waals surface area contributed by atoms with E-state index in [1.807, 2.05) is 0 Å². The van der Waals surface area contributed by atoms with Crippen LogP contribution in [0.3, 0.4) is 0 Å². The van der Waals surface area contributed by atoms with Crippen molar-refractivity contribution in [2.45, 2.75) is 139 Å². The molecule has 1 nitrogen and oxygen atoms in total. The zero-order chi connectivity index (χ0) is 23.6. The van der Waals surface area contributed by atoms with E-state index in [1.54, 1.807) is 0 Å². The molecule has 0 saturated carbocycles. The van der Waals surface area contributed by atoms with E-state index >= 15 is 0 Å². The molecule has 0 aliphatic rings. The molecule has 1 unspecified atom stereocenters. The van der Waals surface area contributed by atoms with Gasteiger partial charge in [0.2, 0.25) is 0 Å². The molecule has 182 valence electrons. The van der Waals surface area contributed by atoms with Crippen molar-refractivity contribution >= 4 is 0 Å². The third-order valence-corrected chi connectivity index (χ3v) is 6.42. The largest absolute Gasteiger partial charge is 0.389 e.